The van der Waals surface area contributed by atoms with Gasteiger partial charge in [0.2, 0.25) is 0 Å². The zero-order valence-electron chi connectivity index (χ0n) is 15.7. The molecule has 7 heteroatoms. The molecule has 2 aromatic rings. The number of ether oxygens (including phenoxy) is 2. The van der Waals surface area contributed by atoms with E-state index in [4.69, 9.17) is 21.1 Å². The van der Waals surface area contributed by atoms with Gasteiger partial charge < -0.3 is 19.7 Å². The summed E-state index contributed by atoms with van der Waals surface area (Å²) in [5.41, 5.74) is 0.924. The predicted octanol–water partition coefficient (Wildman–Crippen LogP) is 3.61. The highest BCUT2D eigenvalue weighted by Gasteiger charge is 2.24. The lowest BCUT2D eigenvalue weighted by molar-refractivity contribution is -0.122. The van der Waals surface area contributed by atoms with Crippen LogP contribution in [0.3, 0.4) is 0 Å². The molecule has 0 aromatic heterocycles. The van der Waals surface area contributed by atoms with Crippen LogP contribution in [0, 0.1) is 0 Å². The maximum atomic E-state index is 12.8. The molecule has 0 unspecified atom stereocenters. The van der Waals surface area contributed by atoms with Crippen molar-refractivity contribution in [1.82, 2.24) is 4.90 Å². The van der Waals surface area contributed by atoms with Crippen molar-refractivity contribution in [3.63, 3.8) is 0 Å². The van der Waals surface area contributed by atoms with Gasteiger partial charge in [-0.1, -0.05) is 36.7 Å². The molecule has 1 N–H and O–H groups in total. The molecule has 1 saturated heterocycles. The number of benzene rings is 2. The van der Waals surface area contributed by atoms with Crippen LogP contribution in [0.15, 0.2) is 48.5 Å². The van der Waals surface area contributed by atoms with Gasteiger partial charge in [0, 0.05) is 18.1 Å². The molecule has 2 amide bonds. The molecule has 0 saturated carbocycles. The molecule has 0 bridgehead atoms. The van der Waals surface area contributed by atoms with E-state index in [1.807, 2.05) is 6.92 Å². The van der Waals surface area contributed by atoms with Crippen molar-refractivity contribution < 1.29 is 19.1 Å². The Hall–Kier alpha value is -2.57. The quantitative estimate of drug-likeness (QED) is 0.801. The molecule has 0 aliphatic carbocycles. The fourth-order valence-electron chi connectivity index (χ4n) is 2.96. The minimum atomic E-state index is -0.704. The third-order valence-electron chi connectivity index (χ3n) is 4.45. The summed E-state index contributed by atoms with van der Waals surface area (Å²) in [4.78, 5) is 27.3. The molecule has 6 nitrogen and oxygen atoms in total. The number of amides is 2. The first-order valence-corrected chi connectivity index (χ1v) is 9.65. The van der Waals surface area contributed by atoms with Crippen molar-refractivity contribution in [3.8, 4) is 5.75 Å². The van der Waals surface area contributed by atoms with Crippen molar-refractivity contribution in [1.29, 1.82) is 0 Å². The summed E-state index contributed by atoms with van der Waals surface area (Å²) in [7, 11) is 0. The number of morpholine rings is 1. The van der Waals surface area contributed by atoms with Gasteiger partial charge in [0.15, 0.2) is 6.10 Å². The van der Waals surface area contributed by atoms with Crippen LogP contribution < -0.4 is 10.1 Å². The summed E-state index contributed by atoms with van der Waals surface area (Å²) >= 11 is 5.98. The van der Waals surface area contributed by atoms with Crippen LogP contribution in [0.1, 0.15) is 23.7 Å². The average molecular weight is 403 g/mol. The lowest BCUT2D eigenvalue weighted by Crippen LogP contribution is -2.41. The van der Waals surface area contributed by atoms with Crippen LogP contribution in [0.2, 0.25) is 5.02 Å². The lowest BCUT2D eigenvalue weighted by atomic mass is 10.1. The number of rotatable bonds is 6. The normalized spacial score (nSPS) is 15.0. The second-order valence-corrected chi connectivity index (χ2v) is 6.85. The van der Waals surface area contributed by atoms with Crippen molar-refractivity contribution in [3.05, 3.63) is 59.1 Å². The third kappa shape index (κ3) is 5.03. The Balaban J connectivity index is 1.73. The first kappa shape index (κ1) is 20.2. The Morgan fingerprint density at radius 2 is 1.93 bits per heavy atom. The van der Waals surface area contributed by atoms with Crippen molar-refractivity contribution in [2.45, 2.75) is 19.4 Å². The predicted molar refractivity (Wildman–Crippen MR) is 108 cm³/mol. The Kier molecular flexibility index (Phi) is 6.90. The Morgan fingerprint density at radius 1 is 1.18 bits per heavy atom. The molecule has 3 rings (SSSR count). The molecule has 148 valence electrons. The van der Waals surface area contributed by atoms with Crippen LogP contribution in [0.4, 0.5) is 5.69 Å². The topological polar surface area (TPSA) is 67.9 Å². The number of halogens is 1. The van der Waals surface area contributed by atoms with Gasteiger partial charge >= 0.3 is 0 Å². The number of nitrogens with one attached hydrogen (secondary N) is 1. The molecule has 1 aliphatic rings. The highest BCUT2D eigenvalue weighted by Crippen LogP contribution is 2.22. The van der Waals surface area contributed by atoms with Gasteiger partial charge in [-0.3, -0.25) is 9.59 Å². The first-order chi connectivity index (χ1) is 13.6. The largest absolute Gasteiger partial charge is 0.481 e. The number of nitrogens with zero attached hydrogens (tertiary/aromatic N) is 1. The maximum Gasteiger partial charge on any atom is 0.265 e. The van der Waals surface area contributed by atoms with Gasteiger partial charge in [0.25, 0.3) is 11.8 Å². The van der Waals surface area contributed by atoms with Crippen LogP contribution >= 0.6 is 11.6 Å². The van der Waals surface area contributed by atoms with Crippen LogP contribution in [0.25, 0.3) is 0 Å². The van der Waals surface area contributed by atoms with Gasteiger partial charge in [0.05, 0.1) is 24.5 Å². The minimum Gasteiger partial charge on any atom is -0.481 e. The summed E-state index contributed by atoms with van der Waals surface area (Å²) in [6, 6.07) is 13.9. The van der Waals surface area contributed by atoms with E-state index < -0.39 is 6.10 Å². The second kappa shape index (κ2) is 9.57. The van der Waals surface area contributed by atoms with Crippen molar-refractivity contribution in [2.75, 3.05) is 31.6 Å². The highest BCUT2D eigenvalue weighted by molar-refractivity contribution is 6.30. The second-order valence-electron chi connectivity index (χ2n) is 6.41. The standard InChI is InChI=1S/C21H23ClN2O4/c1-2-19(28-16-7-5-6-15(22)14-16)20(25)23-18-9-4-3-8-17(18)21(26)24-10-12-27-13-11-24/h3-9,14,19H,2,10-13H2,1H3,(H,23,25)/t19-/m1/s1. The van der Waals surface area contributed by atoms with Gasteiger partial charge in [-0.15, -0.1) is 0 Å². The summed E-state index contributed by atoms with van der Waals surface area (Å²) in [5, 5.41) is 3.38. The summed E-state index contributed by atoms with van der Waals surface area (Å²) < 4.78 is 11.1. The van der Waals surface area contributed by atoms with Crippen LogP contribution in [0.5, 0.6) is 5.75 Å². The fourth-order valence-corrected chi connectivity index (χ4v) is 3.14. The molecule has 0 radical (unpaired) electrons. The molecule has 1 atom stereocenters. The monoisotopic (exact) mass is 402 g/mol. The van der Waals surface area contributed by atoms with Gasteiger partial charge in [0.1, 0.15) is 5.75 Å². The molecule has 1 fully saturated rings. The number of carbonyl (C=O) groups is 2. The Morgan fingerprint density at radius 3 is 2.64 bits per heavy atom. The summed E-state index contributed by atoms with van der Waals surface area (Å²) in [6.45, 7) is 3.98. The first-order valence-electron chi connectivity index (χ1n) is 9.27. The molecule has 2 aromatic carbocycles. The Bertz CT molecular complexity index is 837. The minimum absolute atomic E-state index is 0.122. The van der Waals surface area contributed by atoms with Crippen LogP contribution in [-0.4, -0.2) is 49.1 Å². The van der Waals surface area contributed by atoms with E-state index in [0.717, 1.165) is 0 Å². The molecule has 1 aliphatic heterocycles. The van der Waals surface area contributed by atoms with E-state index in [-0.39, 0.29) is 11.8 Å². The van der Waals surface area contributed by atoms with Gasteiger partial charge in [-0.2, -0.15) is 0 Å². The van der Waals surface area contributed by atoms with E-state index in [2.05, 4.69) is 5.32 Å². The Labute approximate surface area is 169 Å². The zero-order chi connectivity index (χ0) is 19.9. The number of para-hydroxylation sites is 1. The van der Waals surface area contributed by atoms with Crippen molar-refractivity contribution in [2.24, 2.45) is 0 Å². The number of carbonyl (C=O) groups excluding carboxylic acids is 2. The smallest absolute Gasteiger partial charge is 0.265 e. The average Bonchev–Trinajstić information content (AvgIpc) is 2.72. The molecule has 0 spiro atoms. The third-order valence-corrected chi connectivity index (χ3v) is 4.69. The van der Waals surface area contributed by atoms with E-state index >= 15 is 0 Å². The number of hydrogen-bond donors (Lipinski definition) is 1. The van der Waals surface area contributed by atoms with Crippen LogP contribution in [-0.2, 0) is 9.53 Å². The summed E-state index contributed by atoms with van der Waals surface area (Å²) in [5.74, 6) is 0.0832. The highest BCUT2D eigenvalue weighted by atomic mass is 35.5. The fraction of sp³-hybridized carbons (Fsp3) is 0.333. The van der Waals surface area contributed by atoms with E-state index in [1.54, 1.807) is 53.4 Å². The molecule has 1 heterocycles. The molecular weight excluding hydrogens is 380 g/mol. The maximum absolute atomic E-state index is 12.8. The van der Waals surface area contributed by atoms with Crippen molar-refractivity contribution >= 4 is 29.1 Å². The molecule has 28 heavy (non-hydrogen) atoms. The van der Waals surface area contributed by atoms with E-state index in [9.17, 15) is 9.59 Å². The van der Waals surface area contributed by atoms with Gasteiger partial charge in [-0.05, 0) is 36.8 Å². The van der Waals surface area contributed by atoms with E-state index in [0.29, 0.717) is 54.7 Å². The zero-order valence-corrected chi connectivity index (χ0v) is 16.4. The SMILES string of the molecule is CC[C@@H](Oc1cccc(Cl)c1)C(=O)Nc1ccccc1C(=O)N1CCOCC1. The lowest BCUT2D eigenvalue weighted by Gasteiger charge is -2.27. The van der Waals surface area contributed by atoms with Gasteiger partial charge in [-0.25, -0.2) is 0 Å². The molecular formula is C21H23ClN2O4. The number of hydrogen-bond acceptors (Lipinski definition) is 4. The summed E-state index contributed by atoms with van der Waals surface area (Å²) in [6.07, 6.45) is -0.234. The van der Waals surface area contributed by atoms with E-state index in [1.165, 1.54) is 0 Å². The number of anilines is 1.